The fourth-order valence-electron chi connectivity index (χ4n) is 2.49. The lowest BCUT2D eigenvalue weighted by Gasteiger charge is -2.10. The molecule has 1 amide bonds. The molecule has 0 spiro atoms. The van der Waals surface area contributed by atoms with Crippen LogP contribution in [0, 0.1) is 18.3 Å². The SMILES string of the molecule is Cc1ccccc1CNc1ccnc(C(=O)Nc2ccc(C#N)cc2)c1. The number of aryl methyl sites for hydroxylation is 1. The van der Waals surface area contributed by atoms with E-state index in [9.17, 15) is 4.79 Å². The van der Waals surface area contributed by atoms with Crippen LogP contribution in [0.3, 0.4) is 0 Å². The second-order valence-corrected chi connectivity index (χ2v) is 5.85. The first-order valence-electron chi connectivity index (χ1n) is 8.21. The van der Waals surface area contributed by atoms with E-state index in [2.05, 4.69) is 34.7 Å². The minimum absolute atomic E-state index is 0.297. The number of benzene rings is 2. The third kappa shape index (κ3) is 4.25. The van der Waals surface area contributed by atoms with Gasteiger partial charge in [0.1, 0.15) is 5.69 Å². The average molecular weight is 342 g/mol. The normalized spacial score (nSPS) is 10.0. The second-order valence-electron chi connectivity index (χ2n) is 5.85. The molecule has 26 heavy (non-hydrogen) atoms. The van der Waals surface area contributed by atoms with E-state index in [-0.39, 0.29) is 5.91 Å². The highest BCUT2D eigenvalue weighted by Crippen LogP contribution is 2.14. The van der Waals surface area contributed by atoms with Gasteiger partial charge in [0.05, 0.1) is 11.6 Å². The third-order valence-corrected chi connectivity index (χ3v) is 4.01. The van der Waals surface area contributed by atoms with Gasteiger partial charge in [0.25, 0.3) is 5.91 Å². The van der Waals surface area contributed by atoms with Gasteiger partial charge in [0.2, 0.25) is 0 Å². The number of hydrogen-bond acceptors (Lipinski definition) is 4. The number of carbonyl (C=O) groups is 1. The average Bonchev–Trinajstić information content (AvgIpc) is 2.68. The molecular weight excluding hydrogens is 324 g/mol. The van der Waals surface area contributed by atoms with Crippen LogP contribution >= 0.6 is 0 Å². The van der Waals surface area contributed by atoms with Gasteiger partial charge >= 0.3 is 0 Å². The first kappa shape index (κ1) is 17.2. The number of nitrogens with zero attached hydrogens (tertiary/aromatic N) is 2. The van der Waals surface area contributed by atoms with Crippen LogP contribution in [0.25, 0.3) is 0 Å². The van der Waals surface area contributed by atoms with Crippen molar-refractivity contribution in [1.82, 2.24) is 4.98 Å². The molecule has 0 saturated carbocycles. The molecule has 0 aliphatic rings. The van der Waals surface area contributed by atoms with E-state index in [4.69, 9.17) is 5.26 Å². The Morgan fingerprint density at radius 1 is 1.08 bits per heavy atom. The third-order valence-electron chi connectivity index (χ3n) is 4.01. The van der Waals surface area contributed by atoms with Crippen LogP contribution in [0.5, 0.6) is 0 Å². The number of anilines is 2. The molecule has 0 bridgehead atoms. The molecule has 5 heteroatoms. The van der Waals surface area contributed by atoms with Crippen LogP contribution in [0.2, 0.25) is 0 Å². The Hall–Kier alpha value is -3.65. The number of nitriles is 1. The van der Waals surface area contributed by atoms with Crippen molar-refractivity contribution >= 4 is 17.3 Å². The van der Waals surface area contributed by atoms with Gasteiger partial charge in [-0.3, -0.25) is 9.78 Å². The fourth-order valence-corrected chi connectivity index (χ4v) is 2.49. The van der Waals surface area contributed by atoms with Gasteiger partial charge in [-0.15, -0.1) is 0 Å². The molecule has 0 saturated heterocycles. The summed E-state index contributed by atoms with van der Waals surface area (Å²) in [5.41, 5.74) is 4.73. The van der Waals surface area contributed by atoms with Crippen LogP contribution < -0.4 is 10.6 Å². The summed E-state index contributed by atoms with van der Waals surface area (Å²) in [6.07, 6.45) is 1.61. The van der Waals surface area contributed by atoms with Crippen molar-refractivity contribution in [3.8, 4) is 6.07 Å². The number of aromatic nitrogens is 1. The van der Waals surface area contributed by atoms with E-state index in [0.717, 1.165) is 5.69 Å². The van der Waals surface area contributed by atoms with Gasteiger partial charge in [-0.25, -0.2) is 0 Å². The maximum Gasteiger partial charge on any atom is 0.274 e. The summed E-state index contributed by atoms with van der Waals surface area (Å²) in [7, 11) is 0. The van der Waals surface area contributed by atoms with Crippen LogP contribution in [0.15, 0.2) is 66.9 Å². The maximum absolute atomic E-state index is 12.4. The maximum atomic E-state index is 12.4. The molecular formula is C21H18N4O. The molecule has 2 N–H and O–H groups in total. The van der Waals surface area contributed by atoms with Crippen molar-refractivity contribution in [2.75, 3.05) is 10.6 Å². The van der Waals surface area contributed by atoms with E-state index >= 15 is 0 Å². The second kappa shape index (κ2) is 7.95. The lowest BCUT2D eigenvalue weighted by molar-refractivity contribution is 0.102. The number of hydrogen-bond donors (Lipinski definition) is 2. The van der Waals surface area contributed by atoms with Gasteiger partial charge in [-0.05, 0) is 54.4 Å². The summed E-state index contributed by atoms with van der Waals surface area (Å²) in [5, 5.41) is 14.9. The van der Waals surface area contributed by atoms with Crippen molar-refractivity contribution in [2.24, 2.45) is 0 Å². The van der Waals surface area contributed by atoms with Gasteiger partial charge < -0.3 is 10.6 Å². The molecule has 128 valence electrons. The standard InChI is InChI=1S/C21H18N4O/c1-15-4-2-3-5-17(15)14-24-19-10-11-23-20(12-19)21(26)25-18-8-6-16(13-22)7-9-18/h2-12H,14H2,1H3,(H,23,24)(H,25,26). The van der Waals surface area contributed by atoms with E-state index in [1.54, 1.807) is 36.5 Å². The highest BCUT2D eigenvalue weighted by Gasteiger charge is 2.09. The Balaban J connectivity index is 1.67. The molecule has 2 aromatic carbocycles. The number of nitrogens with one attached hydrogen (secondary N) is 2. The Kier molecular flexibility index (Phi) is 5.25. The molecule has 0 aliphatic heterocycles. The minimum atomic E-state index is -0.297. The highest BCUT2D eigenvalue weighted by molar-refractivity contribution is 6.03. The predicted molar refractivity (Wildman–Crippen MR) is 102 cm³/mol. The molecule has 1 aromatic heterocycles. The van der Waals surface area contributed by atoms with Crippen LogP contribution in [-0.4, -0.2) is 10.9 Å². The first-order chi connectivity index (χ1) is 12.7. The zero-order valence-electron chi connectivity index (χ0n) is 14.4. The van der Waals surface area contributed by atoms with Crippen molar-refractivity contribution in [1.29, 1.82) is 5.26 Å². The summed E-state index contributed by atoms with van der Waals surface area (Å²) < 4.78 is 0. The van der Waals surface area contributed by atoms with Gasteiger partial charge in [-0.1, -0.05) is 24.3 Å². The van der Waals surface area contributed by atoms with Crippen molar-refractivity contribution < 1.29 is 4.79 Å². The fraction of sp³-hybridized carbons (Fsp3) is 0.0952. The quantitative estimate of drug-likeness (QED) is 0.731. The molecule has 0 fully saturated rings. The Bertz CT molecular complexity index is 958. The zero-order valence-corrected chi connectivity index (χ0v) is 14.4. The molecule has 0 unspecified atom stereocenters. The zero-order chi connectivity index (χ0) is 18.4. The van der Waals surface area contributed by atoms with E-state index < -0.39 is 0 Å². The van der Waals surface area contributed by atoms with Gasteiger partial charge in [0.15, 0.2) is 0 Å². The Morgan fingerprint density at radius 3 is 2.58 bits per heavy atom. The molecule has 3 rings (SSSR count). The van der Waals surface area contributed by atoms with Crippen LogP contribution in [0.1, 0.15) is 27.2 Å². The smallest absolute Gasteiger partial charge is 0.274 e. The summed E-state index contributed by atoms with van der Waals surface area (Å²) >= 11 is 0. The molecule has 1 heterocycles. The predicted octanol–water partition coefficient (Wildman–Crippen LogP) is 4.13. The van der Waals surface area contributed by atoms with Crippen molar-refractivity contribution in [2.45, 2.75) is 13.5 Å². The van der Waals surface area contributed by atoms with Crippen LogP contribution in [-0.2, 0) is 6.54 Å². The number of rotatable bonds is 5. The summed E-state index contributed by atoms with van der Waals surface area (Å²) in [5.74, 6) is -0.297. The molecule has 0 atom stereocenters. The summed E-state index contributed by atoms with van der Waals surface area (Å²) in [6, 6.07) is 20.4. The topological polar surface area (TPSA) is 77.8 Å². The van der Waals surface area contributed by atoms with Gasteiger partial charge in [-0.2, -0.15) is 5.26 Å². The lowest BCUT2D eigenvalue weighted by Crippen LogP contribution is -2.14. The molecule has 0 radical (unpaired) electrons. The first-order valence-corrected chi connectivity index (χ1v) is 8.21. The summed E-state index contributed by atoms with van der Waals surface area (Å²) in [4.78, 5) is 16.5. The number of pyridine rings is 1. The summed E-state index contributed by atoms with van der Waals surface area (Å²) in [6.45, 7) is 2.74. The monoisotopic (exact) mass is 342 g/mol. The van der Waals surface area contributed by atoms with E-state index in [0.29, 0.717) is 23.5 Å². The van der Waals surface area contributed by atoms with Crippen molar-refractivity contribution in [3.63, 3.8) is 0 Å². The Morgan fingerprint density at radius 2 is 1.85 bits per heavy atom. The lowest BCUT2D eigenvalue weighted by atomic mass is 10.1. The molecule has 3 aromatic rings. The highest BCUT2D eigenvalue weighted by atomic mass is 16.1. The molecule has 5 nitrogen and oxygen atoms in total. The number of carbonyl (C=O) groups excluding carboxylic acids is 1. The Labute approximate surface area is 152 Å². The van der Waals surface area contributed by atoms with Crippen LogP contribution in [0.4, 0.5) is 11.4 Å². The largest absolute Gasteiger partial charge is 0.381 e. The van der Waals surface area contributed by atoms with Gasteiger partial charge in [0, 0.05) is 24.1 Å². The van der Waals surface area contributed by atoms with E-state index in [1.807, 2.05) is 24.3 Å². The number of amides is 1. The van der Waals surface area contributed by atoms with Crippen molar-refractivity contribution in [3.05, 3.63) is 89.2 Å². The minimum Gasteiger partial charge on any atom is -0.381 e. The van der Waals surface area contributed by atoms with E-state index in [1.165, 1.54) is 11.1 Å². The molecule has 0 aliphatic carbocycles.